The Bertz CT molecular complexity index is 1580. The smallest absolute Gasteiger partial charge is 0.272 e. The van der Waals surface area contributed by atoms with Crippen LogP contribution in [0.1, 0.15) is 29.0 Å². The minimum Gasteiger partial charge on any atom is -0.348 e. The van der Waals surface area contributed by atoms with Crippen LogP contribution < -0.4 is 5.32 Å². The summed E-state index contributed by atoms with van der Waals surface area (Å²) in [6.07, 6.45) is 6.72. The molecule has 5 aromatic rings. The molecule has 4 heterocycles. The van der Waals surface area contributed by atoms with Crippen LogP contribution >= 0.6 is 38.9 Å². The molecule has 1 fully saturated rings. The Morgan fingerprint density at radius 2 is 1.95 bits per heavy atom. The SMILES string of the molecule is O=C(NC1CCN(Cc2cn(-c3cc(Cl)ccc3Br)nn2)CC1)c1nccnc1-c1nc2ccccc2s1. The predicted molar refractivity (Wildman–Crippen MR) is 150 cm³/mol. The van der Waals surface area contributed by atoms with Crippen molar-refractivity contribution in [2.24, 2.45) is 0 Å². The maximum absolute atomic E-state index is 13.2. The number of rotatable bonds is 6. The first-order valence-electron chi connectivity index (χ1n) is 12.1. The molecular weight excluding hydrogens is 588 g/mol. The quantitative estimate of drug-likeness (QED) is 0.284. The van der Waals surface area contributed by atoms with E-state index in [1.54, 1.807) is 17.1 Å². The first-order valence-corrected chi connectivity index (χ1v) is 14.1. The summed E-state index contributed by atoms with van der Waals surface area (Å²) in [6, 6.07) is 13.5. The number of fused-ring (bicyclic) bond motifs is 1. The third-order valence-electron chi connectivity index (χ3n) is 6.41. The van der Waals surface area contributed by atoms with Gasteiger partial charge >= 0.3 is 0 Å². The number of thiazole rings is 1. The van der Waals surface area contributed by atoms with Crippen LogP contribution in [0.3, 0.4) is 0 Å². The van der Waals surface area contributed by atoms with Crippen molar-refractivity contribution in [3.8, 4) is 16.4 Å². The lowest BCUT2D eigenvalue weighted by molar-refractivity contribution is 0.0904. The predicted octanol–water partition coefficient (Wildman–Crippen LogP) is 5.14. The van der Waals surface area contributed by atoms with Gasteiger partial charge in [-0.05, 0) is 59.1 Å². The number of likely N-dealkylation sites (tertiary alicyclic amines) is 1. The summed E-state index contributed by atoms with van der Waals surface area (Å²) < 4.78 is 3.67. The molecular formula is C26H22BrClN8OS. The topological polar surface area (TPSA) is 102 Å². The molecule has 0 aliphatic carbocycles. The number of piperidine rings is 1. The number of carbonyl (C=O) groups is 1. The molecule has 6 rings (SSSR count). The molecule has 0 unspecified atom stereocenters. The summed E-state index contributed by atoms with van der Waals surface area (Å²) in [4.78, 5) is 29.0. The average Bonchev–Trinajstić information content (AvgIpc) is 3.58. The number of halogens is 2. The highest BCUT2D eigenvalue weighted by atomic mass is 79.9. The maximum Gasteiger partial charge on any atom is 0.272 e. The molecule has 38 heavy (non-hydrogen) atoms. The Morgan fingerprint density at radius 1 is 1.13 bits per heavy atom. The van der Waals surface area contributed by atoms with Crippen LogP contribution in [0.4, 0.5) is 0 Å². The number of hydrogen-bond acceptors (Lipinski definition) is 8. The second-order valence-electron chi connectivity index (χ2n) is 9.01. The normalized spacial score (nSPS) is 14.7. The molecule has 0 bridgehead atoms. The highest BCUT2D eigenvalue weighted by molar-refractivity contribution is 9.10. The number of para-hydroxylation sites is 1. The first kappa shape index (κ1) is 25.1. The van der Waals surface area contributed by atoms with Crippen LogP contribution in [-0.4, -0.2) is 59.9 Å². The molecule has 1 saturated heterocycles. The number of benzene rings is 2. The number of hydrogen-bond donors (Lipinski definition) is 1. The van der Waals surface area contributed by atoms with Gasteiger partial charge in [-0.2, -0.15) is 0 Å². The van der Waals surface area contributed by atoms with Crippen LogP contribution in [0.15, 0.2) is 65.5 Å². The van der Waals surface area contributed by atoms with Crippen LogP contribution in [0, 0.1) is 0 Å². The Kier molecular flexibility index (Phi) is 7.16. The van der Waals surface area contributed by atoms with Crippen molar-refractivity contribution >= 4 is 55.0 Å². The van der Waals surface area contributed by atoms with Gasteiger partial charge in [-0.15, -0.1) is 16.4 Å². The third-order valence-corrected chi connectivity index (χ3v) is 8.36. The third kappa shape index (κ3) is 5.32. The molecule has 0 radical (unpaired) electrons. The van der Waals surface area contributed by atoms with E-state index in [1.165, 1.54) is 11.3 Å². The fraction of sp³-hybridized carbons (Fsp3) is 0.231. The lowest BCUT2D eigenvalue weighted by atomic mass is 10.0. The van der Waals surface area contributed by atoms with Crippen molar-refractivity contribution in [2.45, 2.75) is 25.4 Å². The lowest BCUT2D eigenvalue weighted by Gasteiger charge is -2.31. The second-order valence-corrected chi connectivity index (χ2v) is 11.3. The molecule has 9 nitrogen and oxygen atoms in total. The number of aromatic nitrogens is 6. The average molecular weight is 610 g/mol. The maximum atomic E-state index is 13.2. The van der Waals surface area contributed by atoms with E-state index in [0.717, 1.165) is 52.0 Å². The summed E-state index contributed by atoms with van der Waals surface area (Å²) in [5.41, 5.74) is 3.42. The van der Waals surface area contributed by atoms with Gasteiger partial charge in [0.15, 0.2) is 5.69 Å². The van der Waals surface area contributed by atoms with E-state index in [1.807, 2.05) is 48.7 Å². The van der Waals surface area contributed by atoms with Crippen molar-refractivity contribution in [3.05, 3.63) is 81.9 Å². The van der Waals surface area contributed by atoms with Crippen LogP contribution in [-0.2, 0) is 6.54 Å². The van der Waals surface area contributed by atoms with E-state index >= 15 is 0 Å². The summed E-state index contributed by atoms with van der Waals surface area (Å²) in [5.74, 6) is -0.221. The van der Waals surface area contributed by atoms with E-state index < -0.39 is 0 Å². The summed E-state index contributed by atoms with van der Waals surface area (Å²) in [7, 11) is 0. The number of carbonyl (C=O) groups excluding carboxylic acids is 1. The Labute approximate surface area is 236 Å². The fourth-order valence-corrected chi connectivity index (χ4v) is 6.06. The Hall–Kier alpha value is -3.25. The standard InChI is InChI=1S/C26H22BrClN8OS/c27-19-6-5-16(28)13-21(19)36-15-18(33-34-36)14-35-11-7-17(8-12-35)31-25(37)23-24(30-10-9-29-23)26-32-20-3-1-2-4-22(20)38-26/h1-6,9-10,13,15,17H,7-8,11-12,14H2,(H,31,37). The van der Waals surface area contributed by atoms with Gasteiger partial charge < -0.3 is 5.32 Å². The van der Waals surface area contributed by atoms with Gasteiger partial charge in [0.05, 0.1) is 27.8 Å². The van der Waals surface area contributed by atoms with Crippen LogP contribution in [0.5, 0.6) is 0 Å². The van der Waals surface area contributed by atoms with Gasteiger partial charge in [-0.3, -0.25) is 9.69 Å². The summed E-state index contributed by atoms with van der Waals surface area (Å²) in [6.45, 7) is 2.36. The van der Waals surface area contributed by atoms with Gasteiger partial charge in [-0.1, -0.05) is 28.9 Å². The zero-order valence-electron chi connectivity index (χ0n) is 20.1. The Balaban J connectivity index is 1.07. The minimum atomic E-state index is -0.221. The molecule has 1 aliphatic heterocycles. The fourth-order valence-electron chi connectivity index (χ4n) is 4.50. The molecule has 192 valence electrons. The molecule has 0 spiro atoms. The highest BCUT2D eigenvalue weighted by Gasteiger charge is 2.25. The number of nitrogens with one attached hydrogen (secondary N) is 1. The molecule has 1 N–H and O–H groups in total. The van der Waals surface area contributed by atoms with Crippen LogP contribution in [0.25, 0.3) is 26.6 Å². The van der Waals surface area contributed by atoms with E-state index in [0.29, 0.717) is 28.0 Å². The van der Waals surface area contributed by atoms with Gasteiger partial charge in [-0.25, -0.2) is 19.6 Å². The molecule has 12 heteroatoms. The zero-order chi connectivity index (χ0) is 26.1. The van der Waals surface area contributed by atoms with Crippen molar-refractivity contribution < 1.29 is 4.79 Å². The van der Waals surface area contributed by atoms with Crippen LogP contribution in [0.2, 0.25) is 5.02 Å². The first-order chi connectivity index (χ1) is 18.5. The molecule has 2 aromatic carbocycles. The van der Waals surface area contributed by atoms with Gasteiger partial charge in [0.25, 0.3) is 5.91 Å². The van der Waals surface area contributed by atoms with E-state index in [4.69, 9.17) is 11.6 Å². The second kappa shape index (κ2) is 10.9. The molecule has 1 aliphatic rings. The Morgan fingerprint density at radius 3 is 2.79 bits per heavy atom. The minimum absolute atomic E-state index is 0.0575. The van der Waals surface area contributed by atoms with Gasteiger partial charge in [0, 0.05) is 47.6 Å². The number of nitrogens with zero attached hydrogens (tertiary/aromatic N) is 7. The zero-order valence-corrected chi connectivity index (χ0v) is 23.2. The molecule has 1 amide bonds. The van der Waals surface area contributed by atoms with E-state index in [2.05, 4.69) is 51.4 Å². The number of amides is 1. The van der Waals surface area contributed by atoms with Gasteiger partial charge in [0.2, 0.25) is 0 Å². The summed E-state index contributed by atoms with van der Waals surface area (Å²) in [5, 5.41) is 13.1. The van der Waals surface area contributed by atoms with Crippen molar-refractivity contribution in [1.82, 2.24) is 40.2 Å². The highest BCUT2D eigenvalue weighted by Crippen LogP contribution is 2.30. The molecule has 0 saturated carbocycles. The van der Waals surface area contributed by atoms with Crippen molar-refractivity contribution in [1.29, 1.82) is 0 Å². The monoisotopic (exact) mass is 608 g/mol. The van der Waals surface area contributed by atoms with Crippen molar-refractivity contribution in [2.75, 3.05) is 13.1 Å². The lowest BCUT2D eigenvalue weighted by Crippen LogP contribution is -2.44. The van der Waals surface area contributed by atoms with E-state index in [9.17, 15) is 4.79 Å². The molecule has 3 aromatic heterocycles. The largest absolute Gasteiger partial charge is 0.348 e. The van der Waals surface area contributed by atoms with Gasteiger partial charge in [0.1, 0.15) is 10.7 Å². The molecule has 0 atom stereocenters. The van der Waals surface area contributed by atoms with Crippen molar-refractivity contribution in [3.63, 3.8) is 0 Å². The summed E-state index contributed by atoms with van der Waals surface area (Å²) >= 11 is 11.2. The van der Waals surface area contributed by atoms with E-state index in [-0.39, 0.29) is 11.9 Å².